The molecule has 2 heteroatoms. The molecular formula is C13H15ClO. The van der Waals surface area contributed by atoms with Crippen molar-refractivity contribution in [1.82, 2.24) is 0 Å². The van der Waals surface area contributed by atoms with Gasteiger partial charge in [0, 0.05) is 5.39 Å². The van der Waals surface area contributed by atoms with Crippen LogP contribution in [0.2, 0.25) is 5.02 Å². The number of hydrogen-bond donors (Lipinski definition) is 0. The van der Waals surface area contributed by atoms with Crippen LogP contribution in [0, 0.1) is 6.92 Å². The van der Waals surface area contributed by atoms with Crippen molar-refractivity contribution in [2.75, 3.05) is 0 Å². The van der Waals surface area contributed by atoms with Gasteiger partial charge in [0.25, 0.3) is 0 Å². The van der Waals surface area contributed by atoms with Crippen LogP contribution in [-0.4, -0.2) is 0 Å². The van der Waals surface area contributed by atoms with E-state index in [0.717, 1.165) is 16.7 Å². The molecule has 0 saturated heterocycles. The van der Waals surface area contributed by atoms with Crippen LogP contribution in [0.15, 0.2) is 22.6 Å². The molecule has 0 fully saturated rings. The molecule has 0 aliphatic carbocycles. The second-order valence-electron chi connectivity index (χ2n) is 4.94. The summed E-state index contributed by atoms with van der Waals surface area (Å²) in [6.07, 6.45) is 0. The first kappa shape index (κ1) is 10.6. The summed E-state index contributed by atoms with van der Waals surface area (Å²) in [5.41, 5.74) is 2.19. The standard InChI is InChI=1S/C13H15ClO/c1-8-7-9-10(13(2,3)4)5-6-11(14)12(9)15-8/h5-7H,1-4H3. The Kier molecular flexibility index (Phi) is 2.31. The first-order chi connectivity index (χ1) is 6.89. The molecule has 0 atom stereocenters. The molecule has 0 amide bonds. The first-order valence-corrected chi connectivity index (χ1v) is 5.46. The summed E-state index contributed by atoms with van der Waals surface area (Å²) < 4.78 is 5.60. The summed E-state index contributed by atoms with van der Waals surface area (Å²) in [5, 5.41) is 1.82. The third-order valence-corrected chi connectivity index (χ3v) is 2.86. The molecule has 1 aromatic carbocycles. The van der Waals surface area contributed by atoms with Crippen molar-refractivity contribution < 1.29 is 4.42 Å². The molecule has 0 bridgehead atoms. The van der Waals surface area contributed by atoms with Crippen molar-refractivity contribution in [2.24, 2.45) is 0 Å². The zero-order valence-electron chi connectivity index (χ0n) is 9.52. The number of fused-ring (bicyclic) bond motifs is 1. The van der Waals surface area contributed by atoms with Gasteiger partial charge in [-0.2, -0.15) is 0 Å². The maximum Gasteiger partial charge on any atom is 0.153 e. The fraction of sp³-hybridized carbons (Fsp3) is 0.385. The zero-order valence-corrected chi connectivity index (χ0v) is 10.3. The topological polar surface area (TPSA) is 13.1 Å². The molecule has 0 radical (unpaired) electrons. The highest BCUT2D eigenvalue weighted by Crippen LogP contribution is 2.35. The van der Waals surface area contributed by atoms with Crippen molar-refractivity contribution in [3.8, 4) is 0 Å². The van der Waals surface area contributed by atoms with Crippen LogP contribution in [0.4, 0.5) is 0 Å². The Morgan fingerprint density at radius 1 is 1.20 bits per heavy atom. The number of benzene rings is 1. The van der Waals surface area contributed by atoms with Gasteiger partial charge in [0.05, 0.1) is 5.02 Å². The number of furan rings is 1. The lowest BCUT2D eigenvalue weighted by atomic mass is 9.85. The van der Waals surface area contributed by atoms with Crippen molar-refractivity contribution in [2.45, 2.75) is 33.1 Å². The van der Waals surface area contributed by atoms with Crippen LogP contribution in [0.3, 0.4) is 0 Å². The second-order valence-corrected chi connectivity index (χ2v) is 5.35. The molecule has 1 aromatic heterocycles. The van der Waals surface area contributed by atoms with Crippen molar-refractivity contribution >= 4 is 22.6 Å². The Balaban J connectivity index is 2.83. The van der Waals surface area contributed by atoms with Crippen LogP contribution in [0.5, 0.6) is 0 Å². The van der Waals surface area contributed by atoms with Crippen LogP contribution in [0.25, 0.3) is 11.0 Å². The van der Waals surface area contributed by atoms with Crippen molar-refractivity contribution in [3.63, 3.8) is 0 Å². The highest BCUT2D eigenvalue weighted by Gasteiger charge is 2.19. The lowest BCUT2D eigenvalue weighted by Gasteiger charge is -2.19. The minimum Gasteiger partial charge on any atom is -0.460 e. The van der Waals surface area contributed by atoms with Crippen molar-refractivity contribution in [3.05, 3.63) is 34.5 Å². The Bertz CT molecular complexity index is 503. The Hall–Kier alpha value is -0.950. The Morgan fingerprint density at radius 3 is 2.47 bits per heavy atom. The molecule has 1 heterocycles. The van der Waals surface area contributed by atoms with Gasteiger partial charge in [0.15, 0.2) is 5.58 Å². The van der Waals surface area contributed by atoms with Gasteiger partial charge in [-0.15, -0.1) is 0 Å². The minimum absolute atomic E-state index is 0.110. The highest BCUT2D eigenvalue weighted by molar-refractivity contribution is 6.35. The minimum atomic E-state index is 0.110. The lowest BCUT2D eigenvalue weighted by molar-refractivity contribution is 0.575. The maximum atomic E-state index is 6.10. The van der Waals surface area contributed by atoms with Gasteiger partial charge >= 0.3 is 0 Å². The predicted molar refractivity (Wildman–Crippen MR) is 64.7 cm³/mol. The average Bonchev–Trinajstić information content (AvgIpc) is 2.45. The quantitative estimate of drug-likeness (QED) is 0.630. The summed E-state index contributed by atoms with van der Waals surface area (Å²) in [6.45, 7) is 8.52. The van der Waals surface area contributed by atoms with Gasteiger partial charge in [-0.1, -0.05) is 38.4 Å². The Labute approximate surface area is 95.0 Å². The SMILES string of the molecule is Cc1cc2c(C(C)(C)C)ccc(Cl)c2o1. The smallest absolute Gasteiger partial charge is 0.153 e. The van der Waals surface area contributed by atoms with Crippen LogP contribution >= 0.6 is 11.6 Å². The van der Waals surface area contributed by atoms with Gasteiger partial charge < -0.3 is 4.42 Å². The largest absolute Gasteiger partial charge is 0.460 e. The van der Waals surface area contributed by atoms with E-state index >= 15 is 0 Å². The average molecular weight is 223 g/mol. The third-order valence-electron chi connectivity index (χ3n) is 2.57. The van der Waals surface area contributed by atoms with E-state index in [9.17, 15) is 0 Å². The van der Waals surface area contributed by atoms with E-state index in [1.54, 1.807) is 0 Å². The number of rotatable bonds is 0. The van der Waals surface area contributed by atoms with Gasteiger partial charge in [-0.3, -0.25) is 0 Å². The fourth-order valence-corrected chi connectivity index (χ4v) is 2.07. The van der Waals surface area contributed by atoms with E-state index in [1.807, 2.05) is 13.0 Å². The van der Waals surface area contributed by atoms with E-state index in [1.165, 1.54) is 5.56 Å². The molecule has 2 aromatic rings. The summed E-state index contributed by atoms with van der Waals surface area (Å²) >= 11 is 6.10. The van der Waals surface area contributed by atoms with Gasteiger partial charge in [-0.25, -0.2) is 0 Å². The van der Waals surface area contributed by atoms with E-state index in [2.05, 4.69) is 32.9 Å². The molecule has 0 unspecified atom stereocenters. The second kappa shape index (κ2) is 3.28. The summed E-state index contributed by atoms with van der Waals surface area (Å²) in [4.78, 5) is 0. The fourth-order valence-electron chi connectivity index (χ4n) is 1.87. The van der Waals surface area contributed by atoms with Gasteiger partial charge in [0.1, 0.15) is 5.76 Å². The van der Waals surface area contributed by atoms with E-state index in [4.69, 9.17) is 16.0 Å². The molecular weight excluding hydrogens is 208 g/mol. The molecule has 80 valence electrons. The molecule has 15 heavy (non-hydrogen) atoms. The predicted octanol–water partition coefficient (Wildman–Crippen LogP) is 4.69. The van der Waals surface area contributed by atoms with E-state index in [-0.39, 0.29) is 5.41 Å². The molecule has 0 aliphatic rings. The number of hydrogen-bond acceptors (Lipinski definition) is 1. The normalized spacial score (nSPS) is 12.3. The summed E-state index contributed by atoms with van der Waals surface area (Å²) in [6, 6.07) is 6.05. The summed E-state index contributed by atoms with van der Waals surface area (Å²) in [7, 11) is 0. The molecule has 0 spiro atoms. The monoisotopic (exact) mass is 222 g/mol. The van der Waals surface area contributed by atoms with Crippen LogP contribution in [-0.2, 0) is 5.41 Å². The Morgan fingerprint density at radius 2 is 1.87 bits per heavy atom. The third kappa shape index (κ3) is 1.76. The van der Waals surface area contributed by atoms with E-state index in [0.29, 0.717) is 5.02 Å². The maximum absolute atomic E-state index is 6.10. The zero-order chi connectivity index (χ0) is 11.2. The van der Waals surface area contributed by atoms with Crippen LogP contribution < -0.4 is 0 Å². The number of aryl methyl sites for hydroxylation is 1. The van der Waals surface area contributed by atoms with Gasteiger partial charge in [-0.05, 0) is 30.0 Å². The first-order valence-electron chi connectivity index (χ1n) is 5.09. The molecule has 0 saturated carbocycles. The highest BCUT2D eigenvalue weighted by atomic mass is 35.5. The lowest BCUT2D eigenvalue weighted by Crippen LogP contribution is -2.11. The molecule has 0 aliphatic heterocycles. The number of halogens is 1. The molecule has 1 nitrogen and oxygen atoms in total. The van der Waals surface area contributed by atoms with Gasteiger partial charge in [0.2, 0.25) is 0 Å². The summed E-state index contributed by atoms with van der Waals surface area (Å²) in [5.74, 6) is 0.906. The van der Waals surface area contributed by atoms with E-state index < -0.39 is 0 Å². The molecule has 2 rings (SSSR count). The molecule has 0 N–H and O–H groups in total. The van der Waals surface area contributed by atoms with Crippen LogP contribution in [0.1, 0.15) is 32.1 Å². The van der Waals surface area contributed by atoms with Crippen molar-refractivity contribution in [1.29, 1.82) is 0 Å².